The fourth-order valence-corrected chi connectivity index (χ4v) is 5.30. The van der Waals surface area contributed by atoms with E-state index in [1.54, 1.807) is 5.01 Å². The van der Waals surface area contributed by atoms with Crippen LogP contribution in [0.25, 0.3) is 0 Å². The molecule has 3 aromatic carbocycles. The number of carbonyl (C=O) groups excluding carboxylic acids is 1. The average molecular weight is 501 g/mol. The highest BCUT2D eigenvalue weighted by molar-refractivity contribution is 6.31. The molecular weight excluding hydrogens is 468 g/mol. The van der Waals surface area contributed by atoms with Crippen LogP contribution in [-0.2, 0) is 11.3 Å². The van der Waals surface area contributed by atoms with Crippen LogP contribution in [-0.4, -0.2) is 59.2 Å². The Morgan fingerprint density at radius 3 is 2.31 bits per heavy atom. The summed E-state index contributed by atoms with van der Waals surface area (Å²) in [4.78, 5) is 18.3. The molecule has 6 heteroatoms. The van der Waals surface area contributed by atoms with Crippen molar-refractivity contribution in [3.8, 4) is 0 Å². The van der Waals surface area contributed by atoms with Crippen molar-refractivity contribution in [1.82, 2.24) is 14.8 Å². The van der Waals surface area contributed by atoms with Gasteiger partial charge < -0.3 is 0 Å². The average Bonchev–Trinajstić information content (AvgIpc) is 3.33. The molecule has 1 saturated heterocycles. The number of hydrazone groups is 1. The van der Waals surface area contributed by atoms with E-state index in [1.165, 1.54) is 16.7 Å². The van der Waals surface area contributed by atoms with Gasteiger partial charge in [0.15, 0.2) is 0 Å². The summed E-state index contributed by atoms with van der Waals surface area (Å²) in [6.45, 7) is 9.18. The van der Waals surface area contributed by atoms with Crippen LogP contribution in [0.5, 0.6) is 0 Å². The van der Waals surface area contributed by atoms with E-state index in [4.69, 9.17) is 16.7 Å². The van der Waals surface area contributed by atoms with Crippen LogP contribution in [0.3, 0.4) is 0 Å². The second-order valence-electron chi connectivity index (χ2n) is 9.86. The second kappa shape index (κ2) is 11.0. The van der Waals surface area contributed by atoms with E-state index in [9.17, 15) is 4.79 Å². The van der Waals surface area contributed by atoms with Gasteiger partial charge in [-0.2, -0.15) is 5.10 Å². The summed E-state index contributed by atoms with van der Waals surface area (Å²) in [7, 11) is 0. The van der Waals surface area contributed by atoms with Crippen molar-refractivity contribution in [2.75, 3.05) is 32.7 Å². The molecule has 2 aliphatic rings. The van der Waals surface area contributed by atoms with E-state index < -0.39 is 0 Å². The van der Waals surface area contributed by atoms with Gasteiger partial charge in [0, 0.05) is 44.2 Å². The minimum absolute atomic E-state index is 0.0234. The maximum Gasteiger partial charge on any atom is 0.257 e. The van der Waals surface area contributed by atoms with Crippen LogP contribution in [0.15, 0.2) is 77.9 Å². The molecule has 2 aliphatic heterocycles. The molecule has 5 rings (SSSR count). The summed E-state index contributed by atoms with van der Waals surface area (Å²) in [6.07, 6.45) is 0.656. The van der Waals surface area contributed by atoms with Gasteiger partial charge in [0.05, 0.1) is 18.3 Å². The second-order valence-corrected chi connectivity index (χ2v) is 10.3. The summed E-state index contributed by atoms with van der Waals surface area (Å²) < 4.78 is 0. The summed E-state index contributed by atoms with van der Waals surface area (Å²) >= 11 is 6.58. The molecule has 1 amide bonds. The van der Waals surface area contributed by atoms with Crippen LogP contribution in [0.2, 0.25) is 5.02 Å². The Hall–Kier alpha value is -2.99. The highest BCUT2D eigenvalue weighted by Gasteiger charge is 2.35. The highest BCUT2D eigenvalue weighted by Crippen LogP contribution is 2.36. The van der Waals surface area contributed by atoms with Gasteiger partial charge >= 0.3 is 0 Å². The topological polar surface area (TPSA) is 39.2 Å². The van der Waals surface area contributed by atoms with E-state index in [-0.39, 0.29) is 11.9 Å². The quantitative estimate of drug-likeness (QED) is 0.451. The maximum atomic E-state index is 13.6. The first-order valence-electron chi connectivity index (χ1n) is 12.7. The van der Waals surface area contributed by atoms with E-state index in [0.717, 1.165) is 49.6 Å². The number of aryl methyl sites for hydroxylation is 2. The lowest BCUT2D eigenvalue weighted by molar-refractivity contribution is -0.134. The van der Waals surface area contributed by atoms with Crippen LogP contribution >= 0.6 is 11.6 Å². The summed E-state index contributed by atoms with van der Waals surface area (Å²) in [5.41, 5.74) is 6.75. The van der Waals surface area contributed by atoms with Gasteiger partial charge in [0.2, 0.25) is 0 Å². The molecule has 3 aromatic rings. The standard InChI is InChI=1S/C30H33ClN4O/c1-22-12-13-25(18-23(22)2)28-19-29(26-10-6-7-11-27(26)31)35(32-28)30(36)21-34-16-14-33(15-17-34)20-24-8-4-3-5-9-24/h3-13,18,29H,14-17,19-21H2,1-2H3. The van der Waals surface area contributed by atoms with Crippen molar-refractivity contribution in [3.63, 3.8) is 0 Å². The Morgan fingerprint density at radius 1 is 0.889 bits per heavy atom. The number of hydrogen-bond donors (Lipinski definition) is 0. The first-order valence-corrected chi connectivity index (χ1v) is 13.1. The molecule has 1 unspecified atom stereocenters. The third-order valence-corrected chi connectivity index (χ3v) is 7.69. The van der Waals surface area contributed by atoms with Crippen LogP contribution in [0.4, 0.5) is 0 Å². The lowest BCUT2D eigenvalue weighted by atomic mass is 9.96. The Bertz CT molecular complexity index is 1250. The molecule has 186 valence electrons. The smallest absolute Gasteiger partial charge is 0.257 e. The van der Waals surface area contributed by atoms with Gasteiger partial charge in [0.1, 0.15) is 0 Å². The zero-order chi connectivity index (χ0) is 25.1. The van der Waals surface area contributed by atoms with E-state index >= 15 is 0 Å². The number of nitrogens with zero attached hydrogens (tertiary/aromatic N) is 4. The predicted molar refractivity (Wildman–Crippen MR) is 146 cm³/mol. The van der Waals surface area contributed by atoms with E-state index in [2.05, 4.69) is 72.2 Å². The molecule has 0 saturated carbocycles. The third-order valence-electron chi connectivity index (χ3n) is 7.34. The zero-order valence-electron chi connectivity index (χ0n) is 21.0. The number of amides is 1. The van der Waals surface area contributed by atoms with Crippen molar-refractivity contribution in [3.05, 3.63) is 106 Å². The zero-order valence-corrected chi connectivity index (χ0v) is 21.8. The first kappa shape index (κ1) is 24.7. The maximum absolute atomic E-state index is 13.6. The molecule has 0 radical (unpaired) electrons. The van der Waals surface area contributed by atoms with Crippen molar-refractivity contribution < 1.29 is 4.79 Å². The van der Waals surface area contributed by atoms with Crippen LogP contribution in [0.1, 0.15) is 40.3 Å². The molecule has 0 aliphatic carbocycles. The Kier molecular flexibility index (Phi) is 7.51. The van der Waals surface area contributed by atoms with Gasteiger partial charge in [-0.1, -0.05) is 72.3 Å². The lowest BCUT2D eigenvalue weighted by Crippen LogP contribution is -2.49. The molecule has 1 atom stereocenters. The van der Waals surface area contributed by atoms with Gasteiger partial charge in [-0.3, -0.25) is 14.6 Å². The number of hydrogen-bond acceptors (Lipinski definition) is 4. The van der Waals surface area contributed by atoms with Gasteiger partial charge in [-0.15, -0.1) is 0 Å². The summed E-state index contributed by atoms with van der Waals surface area (Å²) in [5.74, 6) is 0.0234. The van der Waals surface area contributed by atoms with Gasteiger partial charge in [0.25, 0.3) is 5.91 Å². The molecule has 0 aromatic heterocycles. The van der Waals surface area contributed by atoms with Crippen molar-refractivity contribution >= 4 is 23.2 Å². The van der Waals surface area contributed by atoms with Crippen molar-refractivity contribution in [2.45, 2.75) is 32.9 Å². The SMILES string of the molecule is Cc1ccc(C2=NN(C(=O)CN3CCN(Cc4ccccc4)CC3)C(c3ccccc3Cl)C2)cc1C. The fraction of sp³-hybridized carbons (Fsp3) is 0.333. The number of benzene rings is 3. The van der Waals surface area contributed by atoms with Crippen LogP contribution < -0.4 is 0 Å². The molecular formula is C30H33ClN4O. The number of carbonyl (C=O) groups is 1. The lowest BCUT2D eigenvalue weighted by Gasteiger charge is -2.35. The molecule has 1 fully saturated rings. The largest absolute Gasteiger partial charge is 0.297 e. The molecule has 0 spiro atoms. The Labute approximate surface area is 219 Å². The third kappa shape index (κ3) is 5.54. The number of rotatable bonds is 6. The molecule has 0 N–H and O–H groups in total. The first-order chi connectivity index (χ1) is 17.5. The summed E-state index contributed by atoms with van der Waals surface area (Å²) in [5, 5.41) is 7.22. The van der Waals surface area contributed by atoms with Crippen molar-refractivity contribution in [2.24, 2.45) is 5.10 Å². The summed E-state index contributed by atoms with van der Waals surface area (Å²) in [6, 6.07) is 24.6. The fourth-order valence-electron chi connectivity index (χ4n) is 5.03. The minimum Gasteiger partial charge on any atom is -0.297 e. The molecule has 36 heavy (non-hydrogen) atoms. The minimum atomic E-state index is -0.192. The monoisotopic (exact) mass is 500 g/mol. The Balaban J connectivity index is 1.29. The predicted octanol–water partition coefficient (Wildman–Crippen LogP) is 5.45. The number of halogens is 1. The Morgan fingerprint density at radius 2 is 1.58 bits per heavy atom. The van der Waals surface area contributed by atoms with E-state index in [1.807, 2.05) is 24.3 Å². The molecule has 0 bridgehead atoms. The van der Waals surface area contributed by atoms with Crippen LogP contribution in [0, 0.1) is 13.8 Å². The number of piperazine rings is 1. The molecule has 5 nitrogen and oxygen atoms in total. The van der Waals surface area contributed by atoms with Gasteiger partial charge in [-0.05, 0) is 53.8 Å². The van der Waals surface area contributed by atoms with Gasteiger partial charge in [-0.25, -0.2) is 5.01 Å². The highest BCUT2D eigenvalue weighted by atomic mass is 35.5. The van der Waals surface area contributed by atoms with E-state index in [0.29, 0.717) is 18.0 Å². The normalized spacial score (nSPS) is 18.9. The van der Waals surface area contributed by atoms with Crippen molar-refractivity contribution in [1.29, 1.82) is 0 Å². The molecule has 2 heterocycles.